The summed E-state index contributed by atoms with van der Waals surface area (Å²) in [5.41, 5.74) is 2.02. The van der Waals surface area contributed by atoms with E-state index in [9.17, 15) is 9.59 Å². The Morgan fingerprint density at radius 3 is 2.44 bits per heavy atom. The zero-order chi connectivity index (χ0) is 41.3. The van der Waals surface area contributed by atoms with Crippen LogP contribution in [0.2, 0.25) is 0 Å². The number of carbonyl (C=O) groups excluding carboxylic acids is 2. The van der Waals surface area contributed by atoms with Crippen molar-refractivity contribution in [2.75, 3.05) is 45.0 Å². The normalized spacial score (nSPS) is 19.1. The molecular weight excluding hydrogens is 756 g/mol. The predicted octanol–water partition coefficient (Wildman–Crippen LogP) is 8.30. The number of aryl methyl sites for hydroxylation is 1. The summed E-state index contributed by atoms with van der Waals surface area (Å²) in [6.07, 6.45) is 4.68. The minimum Gasteiger partial charge on any atom is -0.468 e. The van der Waals surface area contributed by atoms with Crippen LogP contribution in [0.5, 0.6) is 11.8 Å². The Morgan fingerprint density at radius 1 is 0.932 bits per heavy atom. The van der Waals surface area contributed by atoms with Crippen LogP contribution in [0.1, 0.15) is 64.5 Å². The molecule has 5 heterocycles. The van der Waals surface area contributed by atoms with E-state index in [0.29, 0.717) is 48.6 Å². The van der Waals surface area contributed by atoms with Crippen molar-refractivity contribution in [2.24, 2.45) is 0 Å². The van der Waals surface area contributed by atoms with Gasteiger partial charge in [0.15, 0.2) is 12.6 Å². The van der Waals surface area contributed by atoms with E-state index in [1.54, 1.807) is 24.3 Å². The first-order chi connectivity index (χ1) is 28.5. The summed E-state index contributed by atoms with van der Waals surface area (Å²) < 4.78 is 46.2. The topological polar surface area (TPSA) is 129 Å². The van der Waals surface area contributed by atoms with Crippen molar-refractivity contribution >= 4 is 39.7 Å². The molecule has 2 aromatic heterocycles. The lowest BCUT2D eigenvalue weighted by Gasteiger charge is -2.42. The van der Waals surface area contributed by atoms with Gasteiger partial charge in [-0.15, -0.1) is 0 Å². The molecule has 0 saturated carbocycles. The van der Waals surface area contributed by atoms with E-state index in [1.165, 1.54) is 0 Å². The van der Waals surface area contributed by atoms with Gasteiger partial charge in [-0.2, -0.15) is 9.97 Å². The van der Waals surface area contributed by atoms with Gasteiger partial charge in [-0.1, -0.05) is 55.5 Å². The number of fused-ring (bicyclic) bond motifs is 4. The van der Waals surface area contributed by atoms with Gasteiger partial charge >= 0.3 is 18.2 Å². The Balaban J connectivity index is 1.16. The number of hydrogen-bond donors (Lipinski definition) is 0. The van der Waals surface area contributed by atoms with Gasteiger partial charge in [-0.3, -0.25) is 9.88 Å². The Labute approximate surface area is 343 Å². The van der Waals surface area contributed by atoms with Crippen LogP contribution in [0.15, 0.2) is 66.9 Å². The number of pyridine rings is 1. The van der Waals surface area contributed by atoms with E-state index < -0.39 is 17.5 Å². The van der Waals surface area contributed by atoms with Crippen LogP contribution in [0.3, 0.4) is 0 Å². The van der Waals surface area contributed by atoms with Crippen molar-refractivity contribution in [2.45, 2.75) is 90.1 Å². The number of aromatic nitrogens is 3. The van der Waals surface area contributed by atoms with Crippen molar-refractivity contribution in [3.63, 3.8) is 0 Å². The average molecular weight is 807 g/mol. The zero-order valence-corrected chi connectivity index (χ0v) is 34.3. The minimum absolute atomic E-state index is 0.0220. The Morgan fingerprint density at radius 2 is 1.71 bits per heavy atom. The molecule has 0 spiro atoms. The number of rotatable bonds is 11. The number of amides is 2. The molecule has 2 amide bonds. The molecule has 310 valence electrons. The molecule has 3 aliphatic rings. The highest BCUT2D eigenvalue weighted by molar-refractivity contribution is 6.01. The van der Waals surface area contributed by atoms with E-state index in [0.717, 1.165) is 47.6 Å². The second-order valence-corrected chi connectivity index (χ2v) is 16.4. The van der Waals surface area contributed by atoms with Crippen LogP contribution in [0.4, 0.5) is 19.8 Å². The molecule has 8 rings (SSSR count). The Kier molecular flexibility index (Phi) is 11.4. The Hall–Kier alpha value is -5.76. The highest BCUT2D eigenvalue weighted by Crippen LogP contribution is 2.40. The fourth-order valence-corrected chi connectivity index (χ4v) is 8.60. The number of benzene rings is 3. The summed E-state index contributed by atoms with van der Waals surface area (Å²) in [6, 6.07) is 18.6. The van der Waals surface area contributed by atoms with Crippen LogP contribution in [-0.4, -0.2) is 101 Å². The maximum Gasteiger partial charge on any atom is 0.410 e. The van der Waals surface area contributed by atoms with Gasteiger partial charge in [0.25, 0.3) is 0 Å². The molecule has 14 heteroatoms. The van der Waals surface area contributed by atoms with E-state index in [-0.39, 0.29) is 61.4 Å². The van der Waals surface area contributed by atoms with E-state index >= 15 is 4.39 Å². The first-order valence-corrected chi connectivity index (χ1v) is 20.4. The molecule has 3 saturated heterocycles. The van der Waals surface area contributed by atoms with Crippen molar-refractivity contribution in [3.8, 4) is 23.0 Å². The van der Waals surface area contributed by atoms with Crippen LogP contribution in [0.25, 0.3) is 32.9 Å². The number of methoxy groups -OCH3 is 1. The maximum absolute atomic E-state index is 17.4. The smallest absolute Gasteiger partial charge is 0.410 e. The van der Waals surface area contributed by atoms with Gasteiger partial charge < -0.3 is 33.5 Å². The van der Waals surface area contributed by atoms with Gasteiger partial charge in [0, 0.05) is 38.5 Å². The second-order valence-electron chi connectivity index (χ2n) is 16.4. The summed E-state index contributed by atoms with van der Waals surface area (Å²) in [5.74, 6) is 0.345. The number of carbonyl (C=O) groups is 2. The third-order valence-electron chi connectivity index (χ3n) is 11.3. The zero-order valence-electron chi connectivity index (χ0n) is 34.3. The number of nitrogens with zero attached hydrogens (tertiary/aromatic N) is 6. The summed E-state index contributed by atoms with van der Waals surface area (Å²) in [6.45, 7) is 9.36. The Bertz CT molecular complexity index is 2330. The number of hydrogen-bond acceptors (Lipinski definition) is 11. The lowest BCUT2D eigenvalue weighted by Crippen LogP contribution is -2.57. The monoisotopic (exact) mass is 806 g/mol. The number of anilines is 1. The van der Waals surface area contributed by atoms with Crippen molar-refractivity contribution in [1.82, 2.24) is 24.8 Å². The van der Waals surface area contributed by atoms with Crippen molar-refractivity contribution in [3.05, 3.63) is 83.8 Å². The number of ether oxygens (including phenoxy) is 5. The number of halogens is 1. The van der Waals surface area contributed by atoms with E-state index in [1.807, 2.05) is 80.3 Å². The van der Waals surface area contributed by atoms with Crippen LogP contribution in [-0.2, 0) is 27.2 Å². The molecule has 2 unspecified atom stereocenters. The largest absolute Gasteiger partial charge is 0.468 e. The van der Waals surface area contributed by atoms with Crippen LogP contribution < -0.4 is 14.4 Å². The third kappa shape index (κ3) is 8.41. The molecule has 0 radical (unpaired) electrons. The fraction of sp³-hybridized carbons (Fsp3) is 0.444. The minimum atomic E-state index is -0.630. The van der Waals surface area contributed by atoms with Gasteiger partial charge in [0.05, 0.1) is 23.5 Å². The summed E-state index contributed by atoms with van der Waals surface area (Å²) >= 11 is 0. The SMILES string of the molecule is CCc1cccc2cc(OCOC)cc(-c3ncc4c(N5CC6CCC(C5)N6C(=O)OC(C)(C)C)nc(OC[C@@H]5CCCN5C(=O)OCc5ccccc5)nc4c3F)c12. The summed E-state index contributed by atoms with van der Waals surface area (Å²) in [7, 11) is 1.55. The average Bonchev–Trinajstić information content (AvgIpc) is 3.81. The van der Waals surface area contributed by atoms with Crippen molar-refractivity contribution < 1.29 is 37.7 Å². The molecule has 5 aromatic rings. The van der Waals surface area contributed by atoms with Crippen LogP contribution in [0, 0.1) is 5.82 Å². The van der Waals surface area contributed by atoms with E-state index in [4.69, 9.17) is 38.6 Å². The second kappa shape index (κ2) is 16.8. The molecular formula is C45H51FN6O7. The molecule has 0 N–H and O–H groups in total. The molecule has 59 heavy (non-hydrogen) atoms. The summed E-state index contributed by atoms with van der Waals surface area (Å²) in [4.78, 5) is 46.6. The third-order valence-corrected chi connectivity index (χ3v) is 11.3. The van der Waals surface area contributed by atoms with E-state index in [2.05, 4.69) is 11.8 Å². The quantitative estimate of drug-likeness (QED) is 0.120. The molecule has 3 fully saturated rings. The van der Waals surface area contributed by atoms with Crippen molar-refractivity contribution in [1.29, 1.82) is 0 Å². The fourth-order valence-electron chi connectivity index (χ4n) is 8.60. The highest BCUT2D eigenvalue weighted by Gasteiger charge is 2.45. The predicted molar refractivity (Wildman–Crippen MR) is 221 cm³/mol. The first kappa shape index (κ1) is 40.0. The van der Waals surface area contributed by atoms with Gasteiger partial charge in [-0.25, -0.2) is 14.0 Å². The lowest BCUT2D eigenvalue weighted by atomic mass is 9.95. The van der Waals surface area contributed by atoms with Gasteiger partial charge in [0.1, 0.15) is 41.6 Å². The molecule has 13 nitrogen and oxygen atoms in total. The summed E-state index contributed by atoms with van der Waals surface area (Å²) in [5, 5.41) is 2.16. The molecule has 0 aliphatic carbocycles. The number of piperazine rings is 1. The maximum atomic E-state index is 17.4. The molecule has 2 bridgehead atoms. The van der Waals surface area contributed by atoms with Gasteiger partial charge in [0.2, 0.25) is 0 Å². The standard InChI is InChI=1S/C45H51FN6O7/c1-6-29-14-10-15-30-20-34(58-27-55-5)21-35(37(29)30)39-38(46)40-36(22-47-39)41(50-23-31-17-18-32(24-50)52(31)44(54)59-45(2,3)4)49-42(48-40)56-26-33-16-11-19-51(33)43(53)57-25-28-12-8-7-9-13-28/h7-10,12-15,20-22,31-33H,6,11,16-19,23-27H2,1-5H3/t31?,32?,33-/m0/s1. The lowest BCUT2D eigenvalue weighted by molar-refractivity contribution is 0.0122. The molecule has 3 atom stereocenters. The highest BCUT2D eigenvalue weighted by atomic mass is 19.1. The van der Waals surface area contributed by atoms with Gasteiger partial charge in [-0.05, 0) is 86.9 Å². The first-order valence-electron chi connectivity index (χ1n) is 20.4. The molecule has 3 aliphatic heterocycles. The molecule has 3 aromatic carbocycles. The number of likely N-dealkylation sites (tertiary alicyclic amines) is 1. The van der Waals surface area contributed by atoms with Crippen LogP contribution >= 0.6 is 0 Å².